The van der Waals surface area contributed by atoms with E-state index in [0.717, 1.165) is 27.7 Å². The predicted octanol–water partition coefficient (Wildman–Crippen LogP) is 3.74. The van der Waals surface area contributed by atoms with Crippen molar-refractivity contribution in [1.82, 2.24) is 19.7 Å². The number of benzene rings is 2. The average molecular weight is 357 g/mol. The van der Waals surface area contributed by atoms with Crippen LogP contribution in [0.15, 0.2) is 61.2 Å². The van der Waals surface area contributed by atoms with Crippen LogP contribution in [0.4, 0.5) is 5.69 Å². The Kier molecular flexibility index (Phi) is 4.38. The smallest absolute Gasteiger partial charge is 0.257 e. The Morgan fingerprint density at radius 2 is 1.89 bits per heavy atom. The fourth-order valence-corrected chi connectivity index (χ4v) is 3.02. The van der Waals surface area contributed by atoms with E-state index in [1.807, 2.05) is 62.4 Å². The predicted molar refractivity (Wildman–Crippen MR) is 105 cm³/mol. The highest BCUT2D eigenvalue weighted by atomic mass is 16.1. The van der Waals surface area contributed by atoms with Gasteiger partial charge < -0.3 is 5.32 Å². The van der Waals surface area contributed by atoms with Gasteiger partial charge in [0.25, 0.3) is 5.91 Å². The van der Waals surface area contributed by atoms with Crippen molar-refractivity contribution in [1.29, 1.82) is 0 Å². The summed E-state index contributed by atoms with van der Waals surface area (Å²) >= 11 is 0. The van der Waals surface area contributed by atoms with E-state index in [-0.39, 0.29) is 5.91 Å². The molecule has 0 fully saturated rings. The highest BCUT2D eigenvalue weighted by molar-refractivity contribution is 6.06. The number of fused-ring (bicyclic) bond motifs is 1. The number of carbonyl (C=O) groups is 1. The first kappa shape index (κ1) is 16.9. The zero-order valence-electron chi connectivity index (χ0n) is 15.2. The second kappa shape index (κ2) is 6.99. The van der Waals surface area contributed by atoms with Crippen LogP contribution < -0.4 is 5.32 Å². The minimum absolute atomic E-state index is 0.160. The Morgan fingerprint density at radius 1 is 1.07 bits per heavy atom. The van der Waals surface area contributed by atoms with Gasteiger partial charge in [0.05, 0.1) is 23.3 Å². The van der Waals surface area contributed by atoms with Crippen molar-refractivity contribution in [2.24, 2.45) is 0 Å². The van der Waals surface area contributed by atoms with E-state index in [1.54, 1.807) is 11.0 Å². The van der Waals surface area contributed by atoms with Crippen LogP contribution >= 0.6 is 0 Å². The van der Waals surface area contributed by atoms with Crippen molar-refractivity contribution in [3.8, 4) is 0 Å². The molecule has 2 heterocycles. The minimum Gasteiger partial charge on any atom is -0.322 e. The number of nitrogens with one attached hydrogen (secondary N) is 1. The molecule has 4 aromatic rings. The molecule has 0 saturated heterocycles. The molecule has 0 atom stereocenters. The lowest BCUT2D eigenvalue weighted by Gasteiger charge is -2.10. The van der Waals surface area contributed by atoms with E-state index in [0.29, 0.717) is 17.8 Å². The van der Waals surface area contributed by atoms with Gasteiger partial charge in [-0.05, 0) is 49.7 Å². The molecule has 1 N–H and O–H groups in total. The van der Waals surface area contributed by atoms with E-state index >= 15 is 0 Å². The molecule has 0 aliphatic rings. The largest absolute Gasteiger partial charge is 0.322 e. The van der Waals surface area contributed by atoms with Gasteiger partial charge in [0, 0.05) is 11.1 Å². The normalized spacial score (nSPS) is 10.9. The molecule has 0 spiro atoms. The van der Waals surface area contributed by atoms with Gasteiger partial charge in [-0.1, -0.05) is 23.8 Å². The number of aryl methyl sites for hydroxylation is 2. The summed E-state index contributed by atoms with van der Waals surface area (Å²) in [5.41, 5.74) is 5.16. The third-order valence-electron chi connectivity index (χ3n) is 4.43. The van der Waals surface area contributed by atoms with E-state index in [1.165, 1.54) is 6.33 Å². The molecule has 0 aliphatic heterocycles. The summed E-state index contributed by atoms with van der Waals surface area (Å²) in [5.74, 6) is -0.160. The monoisotopic (exact) mass is 357 g/mol. The average Bonchev–Trinajstić information content (AvgIpc) is 3.16. The van der Waals surface area contributed by atoms with Crippen molar-refractivity contribution in [3.05, 3.63) is 83.6 Å². The number of aromatic nitrogens is 4. The standard InChI is InChI=1S/C21H19N5O/c1-14-3-8-20-17(9-14)10-19(15(2)24-20)21(27)25-18-6-4-16(5-7-18)11-26-13-22-12-23-26/h3-10,12-13H,11H2,1-2H3,(H,25,27). The van der Waals surface area contributed by atoms with Gasteiger partial charge in [0.15, 0.2) is 0 Å². The maximum atomic E-state index is 12.7. The molecule has 6 nitrogen and oxygen atoms in total. The van der Waals surface area contributed by atoms with Gasteiger partial charge in [-0.3, -0.25) is 9.78 Å². The van der Waals surface area contributed by atoms with E-state index in [4.69, 9.17) is 0 Å². The molecule has 0 unspecified atom stereocenters. The lowest BCUT2D eigenvalue weighted by atomic mass is 10.1. The van der Waals surface area contributed by atoms with Crippen molar-refractivity contribution >= 4 is 22.5 Å². The number of nitrogens with zero attached hydrogens (tertiary/aromatic N) is 4. The molecule has 1 amide bonds. The van der Waals surface area contributed by atoms with Gasteiger partial charge in [0.1, 0.15) is 12.7 Å². The number of hydrogen-bond acceptors (Lipinski definition) is 4. The van der Waals surface area contributed by atoms with Crippen LogP contribution in [-0.2, 0) is 6.54 Å². The minimum atomic E-state index is -0.160. The van der Waals surface area contributed by atoms with Crippen molar-refractivity contribution in [2.45, 2.75) is 20.4 Å². The van der Waals surface area contributed by atoms with E-state index in [9.17, 15) is 4.79 Å². The third kappa shape index (κ3) is 3.69. The fourth-order valence-electron chi connectivity index (χ4n) is 3.02. The zero-order chi connectivity index (χ0) is 18.8. The lowest BCUT2D eigenvalue weighted by molar-refractivity contribution is 0.102. The van der Waals surface area contributed by atoms with Gasteiger partial charge in [-0.25, -0.2) is 9.67 Å². The summed E-state index contributed by atoms with van der Waals surface area (Å²) < 4.78 is 1.75. The van der Waals surface area contributed by atoms with E-state index < -0.39 is 0 Å². The highest BCUT2D eigenvalue weighted by Crippen LogP contribution is 2.19. The van der Waals surface area contributed by atoms with Crippen LogP contribution in [0.5, 0.6) is 0 Å². The summed E-state index contributed by atoms with van der Waals surface area (Å²) in [6.07, 6.45) is 3.18. The zero-order valence-corrected chi connectivity index (χ0v) is 15.2. The number of pyridine rings is 1. The third-order valence-corrected chi connectivity index (χ3v) is 4.43. The molecule has 0 aliphatic carbocycles. The molecule has 4 rings (SSSR count). The van der Waals surface area contributed by atoms with Crippen LogP contribution in [0.2, 0.25) is 0 Å². The van der Waals surface area contributed by atoms with Gasteiger partial charge in [0.2, 0.25) is 0 Å². The Hall–Kier alpha value is -3.54. The fraction of sp³-hybridized carbons (Fsp3) is 0.143. The van der Waals surface area contributed by atoms with Crippen molar-refractivity contribution in [2.75, 3.05) is 5.32 Å². The summed E-state index contributed by atoms with van der Waals surface area (Å²) in [6, 6.07) is 15.6. The molecule has 0 bridgehead atoms. The Labute approximate surface area is 156 Å². The van der Waals surface area contributed by atoms with Crippen LogP contribution in [0, 0.1) is 13.8 Å². The first-order valence-electron chi connectivity index (χ1n) is 8.69. The summed E-state index contributed by atoms with van der Waals surface area (Å²) in [6.45, 7) is 4.52. The summed E-state index contributed by atoms with van der Waals surface area (Å²) in [7, 11) is 0. The Bertz CT molecular complexity index is 1100. The number of hydrogen-bond donors (Lipinski definition) is 1. The molecule has 6 heteroatoms. The van der Waals surface area contributed by atoms with Gasteiger partial charge in [-0.2, -0.15) is 5.10 Å². The van der Waals surface area contributed by atoms with Crippen LogP contribution in [0.3, 0.4) is 0 Å². The molecular formula is C21H19N5O. The van der Waals surface area contributed by atoms with Crippen molar-refractivity contribution in [3.63, 3.8) is 0 Å². The Balaban J connectivity index is 1.53. The molecule has 2 aromatic heterocycles. The lowest BCUT2D eigenvalue weighted by Crippen LogP contribution is -2.14. The topological polar surface area (TPSA) is 72.7 Å². The maximum Gasteiger partial charge on any atom is 0.257 e. The van der Waals surface area contributed by atoms with E-state index in [2.05, 4.69) is 20.4 Å². The van der Waals surface area contributed by atoms with Gasteiger partial charge in [-0.15, -0.1) is 0 Å². The second-order valence-corrected chi connectivity index (χ2v) is 6.56. The maximum absolute atomic E-state index is 12.7. The van der Waals surface area contributed by atoms with Crippen LogP contribution in [0.25, 0.3) is 10.9 Å². The molecule has 134 valence electrons. The van der Waals surface area contributed by atoms with Crippen molar-refractivity contribution < 1.29 is 4.79 Å². The quantitative estimate of drug-likeness (QED) is 0.604. The Morgan fingerprint density at radius 3 is 2.63 bits per heavy atom. The van der Waals surface area contributed by atoms with Gasteiger partial charge >= 0.3 is 0 Å². The summed E-state index contributed by atoms with van der Waals surface area (Å²) in [5, 5.41) is 8.01. The van der Waals surface area contributed by atoms with Crippen LogP contribution in [0.1, 0.15) is 27.2 Å². The molecule has 0 radical (unpaired) electrons. The number of carbonyl (C=O) groups excluding carboxylic acids is 1. The molecular weight excluding hydrogens is 338 g/mol. The first-order valence-corrected chi connectivity index (χ1v) is 8.69. The SMILES string of the molecule is Cc1ccc2nc(C)c(C(=O)Nc3ccc(Cn4cncn4)cc3)cc2c1. The second-order valence-electron chi connectivity index (χ2n) is 6.56. The highest BCUT2D eigenvalue weighted by Gasteiger charge is 2.12. The molecule has 0 saturated carbocycles. The number of amides is 1. The number of rotatable bonds is 4. The summed E-state index contributed by atoms with van der Waals surface area (Å²) in [4.78, 5) is 21.2. The number of anilines is 1. The molecule has 2 aromatic carbocycles. The van der Waals surface area contributed by atoms with Crippen LogP contribution in [-0.4, -0.2) is 25.7 Å². The first-order chi connectivity index (χ1) is 13.1. The molecule has 27 heavy (non-hydrogen) atoms.